The van der Waals surface area contributed by atoms with Crippen LogP contribution < -0.4 is 4.72 Å². The van der Waals surface area contributed by atoms with Crippen LogP contribution >= 0.6 is 31.9 Å². The summed E-state index contributed by atoms with van der Waals surface area (Å²) >= 11 is 6.59. The molecule has 1 N–H and O–H groups in total. The van der Waals surface area contributed by atoms with E-state index < -0.39 is 10.0 Å². The standard InChI is InChI=1S/C13H15Br2NO2S/c14-11-5-6-13(12(15)9-11)19(17,18)16-8-7-10-3-1-2-4-10/h3,5-6,9,16H,1-2,4,7-8H2. The number of hydrogen-bond acceptors (Lipinski definition) is 2. The monoisotopic (exact) mass is 407 g/mol. The van der Waals surface area contributed by atoms with Crippen molar-refractivity contribution < 1.29 is 8.42 Å². The lowest BCUT2D eigenvalue weighted by Crippen LogP contribution is -2.25. The molecule has 1 aromatic carbocycles. The maximum Gasteiger partial charge on any atom is 0.241 e. The minimum Gasteiger partial charge on any atom is -0.211 e. The molecule has 3 nitrogen and oxygen atoms in total. The smallest absolute Gasteiger partial charge is 0.211 e. The van der Waals surface area contributed by atoms with Gasteiger partial charge in [-0.1, -0.05) is 27.6 Å². The zero-order valence-electron chi connectivity index (χ0n) is 10.3. The predicted octanol–water partition coefficient (Wildman–Crippen LogP) is 3.99. The summed E-state index contributed by atoms with van der Waals surface area (Å²) in [7, 11) is -3.44. The highest BCUT2D eigenvalue weighted by atomic mass is 79.9. The fraction of sp³-hybridized carbons (Fsp3) is 0.385. The number of benzene rings is 1. The summed E-state index contributed by atoms with van der Waals surface area (Å²) in [5.41, 5.74) is 1.36. The molecule has 2 rings (SSSR count). The van der Waals surface area contributed by atoms with Crippen LogP contribution in [0.15, 0.2) is 43.7 Å². The van der Waals surface area contributed by atoms with Crippen molar-refractivity contribution in [3.05, 3.63) is 38.8 Å². The second-order valence-electron chi connectivity index (χ2n) is 4.48. The number of hydrogen-bond donors (Lipinski definition) is 1. The number of allylic oxidation sites excluding steroid dienone is 1. The molecule has 104 valence electrons. The van der Waals surface area contributed by atoms with Gasteiger partial charge in [-0.2, -0.15) is 0 Å². The lowest BCUT2D eigenvalue weighted by atomic mass is 10.2. The first-order chi connectivity index (χ1) is 8.99. The largest absolute Gasteiger partial charge is 0.241 e. The van der Waals surface area contributed by atoms with Crippen molar-refractivity contribution in [1.82, 2.24) is 4.72 Å². The van der Waals surface area contributed by atoms with Gasteiger partial charge in [0.15, 0.2) is 0 Å². The Hall–Kier alpha value is -0.170. The summed E-state index contributed by atoms with van der Waals surface area (Å²) in [4.78, 5) is 0.274. The van der Waals surface area contributed by atoms with Crippen LogP contribution in [0.3, 0.4) is 0 Å². The average molecular weight is 409 g/mol. The van der Waals surface area contributed by atoms with E-state index in [4.69, 9.17) is 0 Å². The van der Waals surface area contributed by atoms with Crippen molar-refractivity contribution in [1.29, 1.82) is 0 Å². The molecule has 0 aliphatic heterocycles. The van der Waals surface area contributed by atoms with Crippen LogP contribution in [0.25, 0.3) is 0 Å². The maximum absolute atomic E-state index is 12.2. The van der Waals surface area contributed by atoms with Gasteiger partial charge < -0.3 is 0 Å². The third-order valence-electron chi connectivity index (χ3n) is 3.06. The van der Waals surface area contributed by atoms with E-state index in [1.807, 2.05) is 0 Å². The summed E-state index contributed by atoms with van der Waals surface area (Å²) in [6.45, 7) is 0.455. The van der Waals surface area contributed by atoms with Crippen LogP contribution in [0.4, 0.5) is 0 Å². The number of rotatable bonds is 5. The van der Waals surface area contributed by atoms with E-state index in [2.05, 4.69) is 42.7 Å². The molecule has 1 aliphatic carbocycles. The quantitative estimate of drug-likeness (QED) is 0.748. The second-order valence-corrected chi connectivity index (χ2v) is 7.98. The Labute approximate surface area is 130 Å². The van der Waals surface area contributed by atoms with E-state index in [0.717, 1.165) is 23.7 Å². The zero-order chi connectivity index (χ0) is 13.9. The molecule has 0 heterocycles. The van der Waals surface area contributed by atoms with Crippen LogP contribution in [-0.2, 0) is 10.0 Å². The predicted molar refractivity (Wildman–Crippen MR) is 83.6 cm³/mol. The van der Waals surface area contributed by atoms with Crippen molar-refractivity contribution in [2.45, 2.75) is 30.6 Å². The molecule has 0 aromatic heterocycles. The van der Waals surface area contributed by atoms with Gasteiger partial charge in [-0.25, -0.2) is 13.1 Å². The molecule has 0 unspecified atom stereocenters. The normalized spacial score (nSPS) is 15.6. The first kappa shape index (κ1) is 15.2. The van der Waals surface area contributed by atoms with Gasteiger partial charge in [0.2, 0.25) is 10.0 Å². The van der Waals surface area contributed by atoms with Crippen molar-refractivity contribution >= 4 is 41.9 Å². The van der Waals surface area contributed by atoms with Gasteiger partial charge in [-0.05, 0) is 59.8 Å². The van der Waals surface area contributed by atoms with Crippen molar-refractivity contribution in [3.8, 4) is 0 Å². The van der Waals surface area contributed by atoms with Crippen LogP contribution in [0.1, 0.15) is 25.7 Å². The Bertz CT molecular complexity index is 597. The molecule has 0 saturated carbocycles. The minimum atomic E-state index is -3.44. The van der Waals surface area contributed by atoms with Crippen molar-refractivity contribution in [2.75, 3.05) is 6.54 Å². The Morgan fingerprint density at radius 3 is 2.68 bits per heavy atom. The Balaban J connectivity index is 2.01. The van der Waals surface area contributed by atoms with Crippen molar-refractivity contribution in [2.24, 2.45) is 0 Å². The Kier molecular flexibility index (Phi) is 5.22. The highest BCUT2D eigenvalue weighted by Crippen LogP contribution is 2.26. The fourth-order valence-electron chi connectivity index (χ4n) is 2.08. The highest BCUT2D eigenvalue weighted by Gasteiger charge is 2.17. The molecule has 0 spiro atoms. The van der Waals surface area contributed by atoms with Gasteiger partial charge in [0.1, 0.15) is 0 Å². The van der Waals surface area contributed by atoms with Gasteiger partial charge in [0.05, 0.1) is 4.90 Å². The molecule has 6 heteroatoms. The molecule has 0 amide bonds. The summed E-state index contributed by atoms with van der Waals surface area (Å²) in [5, 5.41) is 0. The van der Waals surface area contributed by atoms with Crippen LogP contribution in [-0.4, -0.2) is 15.0 Å². The molecule has 19 heavy (non-hydrogen) atoms. The lowest BCUT2D eigenvalue weighted by molar-refractivity contribution is 0.580. The van der Waals surface area contributed by atoms with Gasteiger partial charge >= 0.3 is 0 Å². The number of sulfonamides is 1. The van der Waals surface area contributed by atoms with Gasteiger partial charge in [-0.3, -0.25) is 0 Å². The van der Waals surface area contributed by atoms with E-state index in [0.29, 0.717) is 11.0 Å². The summed E-state index contributed by atoms with van der Waals surface area (Å²) in [6.07, 6.45) is 6.43. The van der Waals surface area contributed by atoms with E-state index in [-0.39, 0.29) is 4.90 Å². The number of nitrogens with one attached hydrogen (secondary N) is 1. The topological polar surface area (TPSA) is 46.2 Å². The Morgan fingerprint density at radius 2 is 2.05 bits per heavy atom. The molecular formula is C13H15Br2NO2S. The molecule has 0 saturated heterocycles. The number of halogens is 2. The second kappa shape index (κ2) is 6.52. The van der Waals surface area contributed by atoms with Gasteiger partial charge in [-0.15, -0.1) is 0 Å². The van der Waals surface area contributed by atoms with E-state index >= 15 is 0 Å². The fourth-order valence-corrected chi connectivity index (χ4v) is 4.86. The zero-order valence-corrected chi connectivity index (χ0v) is 14.3. The average Bonchev–Trinajstić information content (AvgIpc) is 2.81. The third-order valence-corrected chi connectivity index (χ3v) is 5.99. The van der Waals surface area contributed by atoms with Gasteiger partial charge in [0, 0.05) is 15.5 Å². The SMILES string of the molecule is O=S(=O)(NCCC1=CCCC1)c1ccc(Br)cc1Br. The van der Waals surface area contributed by atoms with E-state index in [1.54, 1.807) is 18.2 Å². The third kappa shape index (κ3) is 4.15. The van der Waals surface area contributed by atoms with Crippen LogP contribution in [0.2, 0.25) is 0 Å². The molecule has 0 radical (unpaired) electrons. The lowest BCUT2D eigenvalue weighted by Gasteiger charge is -2.09. The molecule has 0 bridgehead atoms. The minimum absolute atomic E-state index is 0.274. The molecule has 0 fully saturated rings. The van der Waals surface area contributed by atoms with Crippen LogP contribution in [0, 0.1) is 0 Å². The van der Waals surface area contributed by atoms with Crippen molar-refractivity contribution in [3.63, 3.8) is 0 Å². The van der Waals surface area contributed by atoms with E-state index in [1.165, 1.54) is 12.0 Å². The summed E-state index contributed by atoms with van der Waals surface area (Å²) in [6, 6.07) is 5.04. The summed E-state index contributed by atoms with van der Waals surface area (Å²) < 4.78 is 28.4. The van der Waals surface area contributed by atoms with E-state index in [9.17, 15) is 8.42 Å². The van der Waals surface area contributed by atoms with Gasteiger partial charge in [0.25, 0.3) is 0 Å². The van der Waals surface area contributed by atoms with Crippen LogP contribution in [0.5, 0.6) is 0 Å². The molecule has 1 aliphatic rings. The Morgan fingerprint density at radius 1 is 1.26 bits per heavy atom. The molecular weight excluding hydrogens is 394 g/mol. The molecule has 1 aromatic rings. The molecule has 0 atom stereocenters. The first-order valence-electron chi connectivity index (χ1n) is 6.12. The first-order valence-corrected chi connectivity index (χ1v) is 9.18. The highest BCUT2D eigenvalue weighted by molar-refractivity contribution is 9.11. The summed E-state index contributed by atoms with van der Waals surface area (Å²) in [5.74, 6) is 0. The maximum atomic E-state index is 12.2.